The number of halogens is 9. The predicted octanol–water partition coefficient (Wildman–Crippen LogP) is 10.1. The van der Waals surface area contributed by atoms with Crippen LogP contribution in [0.25, 0.3) is 0 Å². The fraction of sp³-hybridized carbons (Fsp3) is 0.917. The molecule has 11 nitrogen and oxygen atoms in total. The maximum absolute atomic E-state index is 13.3. The average molecular weight is 995 g/mol. The van der Waals surface area contributed by atoms with Crippen LogP contribution in [0.15, 0.2) is 0 Å². The molecule has 3 aliphatic heterocycles. The molecule has 9 unspecified atom stereocenters. The van der Waals surface area contributed by atoms with Crippen LogP contribution in [0, 0.1) is 57.7 Å². The summed E-state index contributed by atoms with van der Waals surface area (Å²) in [7, 11) is 0. The van der Waals surface area contributed by atoms with E-state index in [0.717, 1.165) is 18.3 Å². The Hall–Kier alpha value is -2.87. The second kappa shape index (κ2) is 19.0. The van der Waals surface area contributed by atoms with E-state index in [9.17, 15) is 68.9 Å². The Balaban J connectivity index is 0.000000200. The fourth-order valence-electron chi connectivity index (χ4n) is 11.1. The van der Waals surface area contributed by atoms with Gasteiger partial charge in [-0.05, 0) is 156 Å². The minimum absolute atomic E-state index is 0.0185. The van der Waals surface area contributed by atoms with Gasteiger partial charge in [-0.25, -0.2) is 0 Å². The average Bonchev–Trinajstić information content (AvgIpc) is 3.87. The highest BCUT2D eigenvalue weighted by Gasteiger charge is 2.75. The smallest absolute Gasteiger partial charge is 0.426 e. The van der Waals surface area contributed by atoms with E-state index >= 15 is 0 Å². The zero-order valence-corrected chi connectivity index (χ0v) is 40.9. The van der Waals surface area contributed by atoms with Crippen molar-refractivity contribution < 1.29 is 92.6 Å². The van der Waals surface area contributed by atoms with Crippen LogP contribution < -0.4 is 0 Å². The van der Waals surface area contributed by atoms with Crippen LogP contribution in [-0.4, -0.2) is 99.9 Å². The van der Waals surface area contributed by atoms with E-state index in [2.05, 4.69) is 13.8 Å². The number of ether oxygens (including phenoxy) is 5. The summed E-state index contributed by atoms with van der Waals surface area (Å²) >= 11 is 0. The van der Waals surface area contributed by atoms with E-state index in [1.54, 1.807) is 6.92 Å². The molecule has 5 saturated carbocycles. The minimum Gasteiger partial charge on any atom is -0.462 e. The molecule has 0 amide bonds. The topological polar surface area (TPSA) is 155 Å². The number of hydrogen-bond donors (Lipinski definition) is 2. The van der Waals surface area contributed by atoms with Crippen LogP contribution in [0.5, 0.6) is 0 Å². The molecule has 0 aromatic carbocycles. The molecule has 3 saturated heterocycles. The Morgan fingerprint density at radius 1 is 0.603 bits per heavy atom. The van der Waals surface area contributed by atoms with Crippen LogP contribution in [-0.2, 0) is 42.9 Å². The molecule has 20 heteroatoms. The minimum atomic E-state index is -6.28. The van der Waals surface area contributed by atoms with Crippen molar-refractivity contribution in [2.24, 2.45) is 57.7 Å². The molecule has 392 valence electrons. The molecule has 0 aromatic heterocycles. The van der Waals surface area contributed by atoms with Crippen molar-refractivity contribution in [2.45, 2.75) is 219 Å². The summed E-state index contributed by atoms with van der Waals surface area (Å²) in [5, 5.41) is 19.6. The lowest BCUT2D eigenvalue weighted by Gasteiger charge is -2.59. The van der Waals surface area contributed by atoms with Crippen molar-refractivity contribution in [2.75, 3.05) is 0 Å². The van der Waals surface area contributed by atoms with Crippen molar-refractivity contribution in [1.82, 2.24) is 0 Å². The Kier molecular flexibility index (Phi) is 15.6. The van der Waals surface area contributed by atoms with E-state index < -0.39 is 95.9 Å². The van der Waals surface area contributed by atoms with Crippen LogP contribution >= 0.6 is 0 Å². The van der Waals surface area contributed by atoms with E-state index in [-0.39, 0.29) is 60.4 Å². The number of alkyl halides is 9. The van der Waals surface area contributed by atoms with Crippen LogP contribution in [0.4, 0.5) is 39.5 Å². The predicted molar refractivity (Wildman–Crippen MR) is 225 cm³/mol. The third kappa shape index (κ3) is 10.5. The molecule has 3 heterocycles. The van der Waals surface area contributed by atoms with Crippen LogP contribution in [0.3, 0.4) is 0 Å². The molecular formula is C48H71F9O11. The Morgan fingerprint density at radius 2 is 1.04 bits per heavy atom. The summed E-state index contributed by atoms with van der Waals surface area (Å²) in [4.78, 5) is 48.3. The van der Waals surface area contributed by atoms with Gasteiger partial charge in [0.15, 0.2) is 17.8 Å². The fourth-order valence-corrected chi connectivity index (χ4v) is 11.1. The number of fused-ring (bicyclic) bond motifs is 1. The van der Waals surface area contributed by atoms with E-state index in [1.165, 1.54) is 46.0 Å². The summed E-state index contributed by atoms with van der Waals surface area (Å²) in [6, 6.07) is 0. The van der Waals surface area contributed by atoms with Gasteiger partial charge in [0.25, 0.3) is 5.60 Å². The van der Waals surface area contributed by atoms with Gasteiger partial charge >= 0.3 is 42.4 Å². The quantitative estimate of drug-likeness (QED) is 0.115. The number of aliphatic hydroxyl groups is 2. The van der Waals surface area contributed by atoms with Crippen molar-refractivity contribution in [3.63, 3.8) is 0 Å². The molecule has 0 radical (unpaired) electrons. The molecular weight excluding hydrogens is 923 g/mol. The monoisotopic (exact) mass is 994 g/mol. The number of carbonyl (C=O) groups is 4. The first-order chi connectivity index (χ1) is 30.8. The lowest BCUT2D eigenvalue weighted by atomic mass is 9.50. The van der Waals surface area contributed by atoms with Crippen molar-refractivity contribution in [3.8, 4) is 0 Å². The van der Waals surface area contributed by atoms with Crippen LogP contribution in [0.1, 0.15) is 153 Å². The second-order valence-corrected chi connectivity index (χ2v) is 22.9. The van der Waals surface area contributed by atoms with Crippen molar-refractivity contribution in [3.05, 3.63) is 0 Å². The first kappa shape index (κ1) is 56.0. The highest BCUT2D eigenvalue weighted by atomic mass is 19.4. The van der Waals surface area contributed by atoms with Gasteiger partial charge in [-0.15, -0.1) is 0 Å². The standard InChI is InChI=1S/C18H25F9O4.C17H28O2.C13H18O5/c1-5-13(2,3)12(28)31-11-7-9(14(4,29)16(19,20)21)6-10(8-11)15(30,17(22,23)24)18(25,26)27;1-5-16(2,3)15(18)19-17(4)13-7-11-6-12(9-13)10-14(17)8-11;1-4-13(2,3)12(15)18-9-7-5-6-8(16-7)10(9)17-11(6)14/h9-11,29-30H,5-8H2,1-4H3;11-14H,5-10H2,1-4H3;6-10H,4-5H2,1-3H3. The lowest BCUT2D eigenvalue weighted by Crippen LogP contribution is -2.64. The largest absolute Gasteiger partial charge is 0.462 e. The first-order valence-corrected chi connectivity index (χ1v) is 24.0. The van der Waals surface area contributed by atoms with Gasteiger partial charge in [-0.2, -0.15) is 39.5 Å². The molecule has 8 aliphatic rings. The zero-order valence-electron chi connectivity index (χ0n) is 40.9. The van der Waals surface area contributed by atoms with Gasteiger partial charge in [-0.3, -0.25) is 19.2 Å². The van der Waals surface area contributed by atoms with Gasteiger partial charge in [0, 0.05) is 11.8 Å². The maximum atomic E-state index is 13.3. The third-order valence-corrected chi connectivity index (χ3v) is 17.2. The van der Waals surface area contributed by atoms with Gasteiger partial charge in [0.1, 0.15) is 17.8 Å². The SMILES string of the molecule is CCC(C)(C)C(=O)OC1(C)C2CC3CC(C2)CC1C3.CCC(C)(C)C(=O)OC1C2CC3C(=O)OC1C3O2.CCC(C)(C)C(=O)OC1CC(C(C)(O)C(F)(F)F)CC(C(O)(C(F)(F)F)C(F)(F)F)C1. The number of hydrogen-bond acceptors (Lipinski definition) is 11. The van der Waals surface area contributed by atoms with Crippen molar-refractivity contribution in [1.29, 1.82) is 0 Å². The molecule has 8 fully saturated rings. The number of esters is 4. The highest BCUT2D eigenvalue weighted by Crippen LogP contribution is 2.60. The van der Waals surface area contributed by atoms with E-state index in [0.29, 0.717) is 24.7 Å². The normalized spacial score (nSPS) is 35.3. The molecule has 0 spiro atoms. The second-order valence-electron chi connectivity index (χ2n) is 22.9. The molecule has 5 aliphatic carbocycles. The van der Waals surface area contributed by atoms with Gasteiger partial charge in [0.05, 0.1) is 28.3 Å². The highest BCUT2D eigenvalue weighted by molar-refractivity contribution is 5.79. The number of rotatable bonds is 11. The van der Waals surface area contributed by atoms with Gasteiger partial charge in [-0.1, -0.05) is 20.8 Å². The summed E-state index contributed by atoms with van der Waals surface area (Å²) in [5.74, 6) is -3.56. The zero-order chi connectivity index (χ0) is 51.8. The molecule has 6 bridgehead atoms. The molecule has 2 N–H and O–H groups in total. The Bertz CT molecular complexity index is 1810. The Labute approximate surface area is 392 Å². The molecule has 9 atom stereocenters. The van der Waals surface area contributed by atoms with E-state index in [1.807, 2.05) is 34.6 Å². The lowest BCUT2D eigenvalue weighted by molar-refractivity contribution is -0.391. The van der Waals surface area contributed by atoms with Crippen molar-refractivity contribution >= 4 is 23.9 Å². The molecule has 68 heavy (non-hydrogen) atoms. The number of carbonyl (C=O) groups excluding carboxylic acids is 4. The summed E-state index contributed by atoms with van der Waals surface area (Å²) < 4.78 is 147. The summed E-state index contributed by atoms with van der Waals surface area (Å²) in [6.45, 7) is 18.5. The van der Waals surface area contributed by atoms with Gasteiger partial charge < -0.3 is 33.9 Å². The Morgan fingerprint density at radius 3 is 1.49 bits per heavy atom. The van der Waals surface area contributed by atoms with Crippen LogP contribution in [0.2, 0.25) is 0 Å². The molecule has 0 aromatic rings. The summed E-state index contributed by atoms with van der Waals surface area (Å²) in [5.41, 5.74) is -11.3. The third-order valence-electron chi connectivity index (χ3n) is 17.2. The van der Waals surface area contributed by atoms with Gasteiger partial charge in [0.2, 0.25) is 0 Å². The maximum Gasteiger partial charge on any atom is 0.426 e. The summed E-state index contributed by atoms with van der Waals surface area (Å²) in [6.07, 6.45) is -15.5. The molecule has 8 rings (SSSR count). The first-order valence-electron chi connectivity index (χ1n) is 24.0. The van der Waals surface area contributed by atoms with E-state index in [4.69, 9.17) is 23.7 Å².